The van der Waals surface area contributed by atoms with E-state index in [0.717, 1.165) is 38.0 Å². The number of carbonyl (C=O) groups is 1. The van der Waals surface area contributed by atoms with Gasteiger partial charge in [-0.3, -0.25) is 4.79 Å². The second-order valence-corrected chi connectivity index (χ2v) is 6.40. The van der Waals surface area contributed by atoms with Gasteiger partial charge in [0.1, 0.15) is 0 Å². The van der Waals surface area contributed by atoms with E-state index >= 15 is 0 Å². The quantitative estimate of drug-likeness (QED) is 0.792. The Kier molecular flexibility index (Phi) is 5.64. The fourth-order valence-corrected chi connectivity index (χ4v) is 2.90. The minimum absolute atomic E-state index is 0.192. The summed E-state index contributed by atoms with van der Waals surface area (Å²) in [5.41, 5.74) is 5.62. The van der Waals surface area contributed by atoms with E-state index in [1.807, 2.05) is 0 Å². The van der Waals surface area contributed by atoms with E-state index in [9.17, 15) is 4.79 Å². The van der Waals surface area contributed by atoms with Crippen molar-refractivity contribution >= 4 is 5.91 Å². The summed E-state index contributed by atoms with van der Waals surface area (Å²) in [6, 6.07) is 0.278. The van der Waals surface area contributed by atoms with Crippen molar-refractivity contribution in [2.75, 3.05) is 6.54 Å². The smallest absolute Gasteiger partial charge is 0.227 e. The molecule has 0 aromatic heterocycles. The molecule has 0 aromatic rings. The summed E-state index contributed by atoms with van der Waals surface area (Å²) in [6.07, 6.45) is 5.14. The van der Waals surface area contributed by atoms with Crippen LogP contribution in [-0.2, 0) is 4.79 Å². The highest BCUT2D eigenvalue weighted by Crippen LogP contribution is 2.38. The highest BCUT2D eigenvalue weighted by atomic mass is 16.2. The highest BCUT2D eigenvalue weighted by Gasteiger charge is 2.40. The molecule has 3 N–H and O–H groups in total. The molecular formula is C15H30N2O. The first kappa shape index (κ1) is 15.5. The van der Waals surface area contributed by atoms with Gasteiger partial charge in [-0.15, -0.1) is 0 Å². The van der Waals surface area contributed by atoms with E-state index in [4.69, 9.17) is 5.73 Å². The third-order valence-electron chi connectivity index (χ3n) is 4.66. The van der Waals surface area contributed by atoms with Crippen molar-refractivity contribution in [1.82, 2.24) is 5.32 Å². The molecule has 0 saturated heterocycles. The Morgan fingerprint density at radius 3 is 2.33 bits per heavy atom. The van der Waals surface area contributed by atoms with Crippen LogP contribution in [0.5, 0.6) is 0 Å². The lowest BCUT2D eigenvalue weighted by molar-refractivity contribution is -0.134. The first-order valence-electron chi connectivity index (χ1n) is 7.46. The molecule has 1 fully saturated rings. The van der Waals surface area contributed by atoms with Crippen LogP contribution in [0.15, 0.2) is 0 Å². The zero-order chi connectivity index (χ0) is 13.8. The van der Waals surface area contributed by atoms with Crippen LogP contribution < -0.4 is 11.1 Å². The Hall–Kier alpha value is -0.570. The van der Waals surface area contributed by atoms with Gasteiger partial charge in [0, 0.05) is 12.6 Å². The molecule has 0 aliphatic heterocycles. The average Bonchev–Trinajstić information content (AvgIpc) is 2.36. The summed E-state index contributed by atoms with van der Waals surface area (Å²) in [5, 5.41) is 3.22. The van der Waals surface area contributed by atoms with E-state index in [1.165, 1.54) is 0 Å². The number of hydrogen-bond donors (Lipinski definition) is 2. The highest BCUT2D eigenvalue weighted by molar-refractivity contribution is 5.83. The maximum absolute atomic E-state index is 12.5. The van der Waals surface area contributed by atoms with Crippen molar-refractivity contribution in [3.8, 4) is 0 Å². The van der Waals surface area contributed by atoms with Crippen LogP contribution in [0.1, 0.15) is 59.8 Å². The predicted octanol–water partition coefficient (Wildman–Crippen LogP) is 2.69. The fraction of sp³-hybridized carbons (Fsp3) is 0.933. The van der Waals surface area contributed by atoms with Gasteiger partial charge in [-0.2, -0.15) is 0 Å². The maximum Gasteiger partial charge on any atom is 0.227 e. The SMILES string of the molecule is CCC(NC(=O)C1(CN)CCC(C)CC1)C(C)C. The summed E-state index contributed by atoms with van der Waals surface area (Å²) in [4.78, 5) is 12.5. The summed E-state index contributed by atoms with van der Waals surface area (Å²) in [5.74, 6) is 1.42. The van der Waals surface area contributed by atoms with Crippen molar-refractivity contribution in [3.05, 3.63) is 0 Å². The van der Waals surface area contributed by atoms with Gasteiger partial charge in [-0.05, 0) is 43.9 Å². The predicted molar refractivity (Wildman–Crippen MR) is 76.2 cm³/mol. The topological polar surface area (TPSA) is 55.1 Å². The van der Waals surface area contributed by atoms with Crippen LogP contribution in [0.4, 0.5) is 0 Å². The van der Waals surface area contributed by atoms with Crippen molar-refractivity contribution < 1.29 is 4.79 Å². The molecule has 1 atom stereocenters. The molecule has 3 heteroatoms. The minimum atomic E-state index is -0.297. The molecule has 0 heterocycles. The number of rotatable bonds is 5. The van der Waals surface area contributed by atoms with Crippen molar-refractivity contribution in [2.45, 2.75) is 65.8 Å². The summed E-state index contributed by atoms with van der Waals surface area (Å²) < 4.78 is 0. The van der Waals surface area contributed by atoms with Gasteiger partial charge in [-0.1, -0.05) is 27.7 Å². The first-order chi connectivity index (χ1) is 8.45. The zero-order valence-electron chi connectivity index (χ0n) is 12.5. The van der Waals surface area contributed by atoms with Crippen LogP contribution in [0.2, 0.25) is 0 Å². The molecule has 106 valence electrons. The van der Waals surface area contributed by atoms with Gasteiger partial charge in [0.05, 0.1) is 5.41 Å². The van der Waals surface area contributed by atoms with Crippen LogP contribution in [-0.4, -0.2) is 18.5 Å². The molecule has 3 nitrogen and oxygen atoms in total. The number of amides is 1. The number of nitrogens with two attached hydrogens (primary N) is 1. The van der Waals surface area contributed by atoms with Gasteiger partial charge in [0.25, 0.3) is 0 Å². The van der Waals surface area contributed by atoms with Crippen molar-refractivity contribution in [1.29, 1.82) is 0 Å². The van der Waals surface area contributed by atoms with E-state index in [0.29, 0.717) is 12.5 Å². The normalized spacial score (nSPS) is 30.2. The lowest BCUT2D eigenvalue weighted by Crippen LogP contribution is -2.51. The molecule has 1 aliphatic rings. The molecule has 0 spiro atoms. The second kappa shape index (κ2) is 6.55. The van der Waals surface area contributed by atoms with Crippen LogP contribution in [0, 0.1) is 17.3 Å². The van der Waals surface area contributed by atoms with E-state index in [-0.39, 0.29) is 17.4 Å². The lowest BCUT2D eigenvalue weighted by atomic mass is 9.70. The monoisotopic (exact) mass is 254 g/mol. The van der Waals surface area contributed by atoms with Gasteiger partial charge in [-0.25, -0.2) is 0 Å². The van der Waals surface area contributed by atoms with Crippen LogP contribution >= 0.6 is 0 Å². The molecular weight excluding hydrogens is 224 g/mol. The van der Waals surface area contributed by atoms with Crippen molar-refractivity contribution in [3.63, 3.8) is 0 Å². The van der Waals surface area contributed by atoms with Gasteiger partial charge >= 0.3 is 0 Å². The van der Waals surface area contributed by atoms with Crippen molar-refractivity contribution in [2.24, 2.45) is 23.0 Å². The van der Waals surface area contributed by atoms with E-state index < -0.39 is 0 Å². The molecule has 1 unspecified atom stereocenters. The average molecular weight is 254 g/mol. The molecule has 0 radical (unpaired) electrons. The standard InChI is InChI=1S/C15H30N2O/c1-5-13(11(2)3)17-14(18)15(10-16)8-6-12(4)7-9-15/h11-13H,5-10,16H2,1-4H3,(H,17,18). The summed E-state index contributed by atoms with van der Waals surface area (Å²) in [7, 11) is 0. The fourth-order valence-electron chi connectivity index (χ4n) is 2.90. The molecule has 18 heavy (non-hydrogen) atoms. The van der Waals surface area contributed by atoms with Gasteiger partial charge < -0.3 is 11.1 Å². The Labute approximate surface area is 112 Å². The summed E-state index contributed by atoms with van der Waals surface area (Å²) in [6.45, 7) is 9.20. The van der Waals surface area contributed by atoms with Crippen LogP contribution in [0.3, 0.4) is 0 Å². The number of carbonyl (C=O) groups excluding carboxylic acids is 1. The van der Waals surface area contributed by atoms with Gasteiger partial charge in [0.2, 0.25) is 5.91 Å². The number of hydrogen-bond acceptors (Lipinski definition) is 2. The number of nitrogens with one attached hydrogen (secondary N) is 1. The lowest BCUT2D eigenvalue weighted by Gasteiger charge is -2.38. The third-order valence-corrected chi connectivity index (χ3v) is 4.66. The Morgan fingerprint density at radius 2 is 1.94 bits per heavy atom. The zero-order valence-corrected chi connectivity index (χ0v) is 12.5. The van der Waals surface area contributed by atoms with Crippen LogP contribution in [0.25, 0.3) is 0 Å². The third kappa shape index (κ3) is 3.47. The second-order valence-electron chi connectivity index (χ2n) is 6.40. The molecule has 1 saturated carbocycles. The van der Waals surface area contributed by atoms with E-state index in [1.54, 1.807) is 0 Å². The molecule has 0 bridgehead atoms. The Morgan fingerprint density at radius 1 is 1.39 bits per heavy atom. The largest absolute Gasteiger partial charge is 0.353 e. The molecule has 0 aromatic carbocycles. The molecule has 1 rings (SSSR count). The Balaban J connectivity index is 2.67. The molecule has 1 aliphatic carbocycles. The summed E-state index contributed by atoms with van der Waals surface area (Å²) >= 11 is 0. The maximum atomic E-state index is 12.5. The minimum Gasteiger partial charge on any atom is -0.353 e. The molecule has 1 amide bonds. The van der Waals surface area contributed by atoms with Gasteiger partial charge in [0.15, 0.2) is 0 Å². The first-order valence-corrected chi connectivity index (χ1v) is 7.46. The van der Waals surface area contributed by atoms with E-state index in [2.05, 4.69) is 33.0 Å². The Bertz CT molecular complexity index is 268.